The predicted octanol–water partition coefficient (Wildman–Crippen LogP) is 4.62. The molecule has 1 saturated heterocycles. The molecule has 1 unspecified atom stereocenters. The summed E-state index contributed by atoms with van der Waals surface area (Å²) in [6.45, 7) is 5.92. The summed E-state index contributed by atoms with van der Waals surface area (Å²) in [5.74, 6) is 5.83. The van der Waals surface area contributed by atoms with Crippen LogP contribution in [0.4, 0.5) is 15.3 Å². The number of carbonyl (C=O) groups is 3. The third-order valence-corrected chi connectivity index (χ3v) is 6.82. The van der Waals surface area contributed by atoms with Gasteiger partial charge in [-0.2, -0.15) is 0 Å². The molecule has 37 heavy (non-hydrogen) atoms. The summed E-state index contributed by atoms with van der Waals surface area (Å²) in [5.41, 5.74) is 1.84. The lowest BCUT2D eigenvalue weighted by Gasteiger charge is -2.46. The van der Waals surface area contributed by atoms with E-state index in [2.05, 4.69) is 5.32 Å². The van der Waals surface area contributed by atoms with Crippen molar-refractivity contribution in [2.75, 3.05) is 11.9 Å². The zero-order valence-corrected chi connectivity index (χ0v) is 21.9. The minimum absolute atomic E-state index is 0.00511. The van der Waals surface area contributed by atoms with Crippen molar-refractivity contribution in [2.45, 2.75) is 59.0 Å². The van der Waals surface area contributed by atoms with Gasteiger partial charge in [0.1, 0.15) is 5.75 Å². The van der Waals surface area contributed by atoms with Gasteiger partial charge in [-0.25, -0.2) is 25.3 Å². The normalized spacial score (nSPS) is 18.9. The van der Waals surface area contributed by atoms with Crippen molar-refractivity contribution in [3.05, 3.63) is 58.6 Å². The van der Waals surface area contributed by atoms with E-state index in [0.717, 1.165) is 21.0 Å². The standard InChI is InChI=1S/C26H32ClN5O5/c1-16(2)37-21-9-8-19(12-20(21)27)29-23-30(14-18-6-4-17(3)5-7-18)24(35)31(25(36)32(23)28)15-26(10-11-26)13-22(33)34/h4-9,12,16,23,29H,10-11,13-15,28H2,1-3H3,(H,33,34). The Labute approximate surface area is 220 Å². The first-order valence-electron chi connectivity index (χ1n) is 12.1. The number of benzene rings is 2. The summed E-state index contributed by atoms with van der Waals surface area (Å²) in [6, 6.07) is 11.5. The number of hydrogen-bond donors (Lipinski definition) is 3. The number of rotatable bonds is 10. The molecule has 4 rings (SSSR count). The molecule has 1 atom stereocenters. The number of nitrogens with two attached hydrogens (primary N) is 1. The van der Waals surface area contributed by atoms with E-state index in [9.17, 15) is 19.5 Å². The molecule has 2 aromatic carbocycles. The number of imide groups is 1. The fraction of sp³-hybridized carbons (Fsp3) is 0.423. The number of carboxylic acid groups (broad SMARTS) is 1. The molecule has 198 valence electrons. The number of halogens is 1. The summed E-state index contributed by atoms with van der Waals surface area (Å²) in [4.78, 5) is 40.8. The van der Waals surface area contributed by atoms with Crippen LogP contribution in [0.5, 0.6) is 5.75 Å². The van der Waals surface area contributed by atoms with Crippen molar-refractivity contribution >= 4 is 35.3 Å². The Bertz CT molecular complexity index is 1180. The Morgan fingerprint density at radius 1 is 1.19 bits per heavy atom. The Morgan fingerprint density at radius 3 is 2.43 bits per heavy atom. The van der Waals surface area contributed by atoms with E-state index in [0.29, 0.717) is 29.3 Å². The van der Waals surface area contributed by atoms with E-state index in [1.54, 1.807) is 18.2 Å². The Kier molecular flexibility index (Phi) is 7.52. The van der Waals surface area contributed by atoms with Crippen molar-refractivity contribution in [2.24, 2.45) is 11.3 Å². The average molecular weight is 530 g/mol. The van der Waals surface area contributed by atoms with E-state index in [1.165, 1.54) is 4.90 Å². The van der Waals surface area contributed by atoms with Crippen molar-refractivity contribution < 1.29 is 24.2 Å². The first-order chi connectivity index (χ1) is 17.5. The minimum Gasteiger partial charge on any atom is -0.489 e. The maximum atomic E-state index is 13.7. The molecule has 1 saturated carbocycles. The van der Waals surface area contributed by atoms with Gasteiger partial charge in [0, 0.05) is 12.2 Å². The number of carboxylic acids is 1. The first kappa shape index (κ1) is 26.6. The summed E-state index contributed by atoms with van der Waals surface area (Å²) < 4.78 is 5.69. The number of ether oxygens (including phenoxy) is 1. The fourth-order valence-corrected chi connectivity index (χ4v) is 4.60. The number of nitrogens with one attached hydrogen (secondary N) is 1. The number of nitrogens with zero attached hydrogens (tertiary/aromatic N) is 3. The molecule has 0 aromatic heterocycles. The highest BCUT2D eigenvalue weighted by Gasteiger charge is 2.51. The second-order valence-corrected chi connectivity index (χ2v) is 10.5. The maximum Gasteiger partial charge on any atom is 0.345 e. The van der Waals surface area contributed by atoms with E-state index in [4.69, 9.17) is 22.2 Å². The predicted molar refractivity (Wildman–Crippen MR) is 139 cm³/mol. The highest BCUT2D eigenvalue weighted by atomic mass is 35.5. The number of hydrazine groups is 1. The van der Waals surface area contributed by atoms with Crippen LogP contribution in [0.3, 0.4) is 0 Å². The number of hydrogen-bond acceptors (Lipinski definition) is 6. The van der Waals surface area contributed by atoms with Crippen LogP contribution in [0, 0.1) is 12.3 Å². The quantitative estimate of drug-likeness (QED) is 0.302. The van der Waals surface area contributed by atoms with Gasteiger partial charge in [-0.1, -0.05) is 41.4 Å². The Hall–Kier alpha value is -3.50. The highest BCUT2D eigenvalue weighted by Crippen LogP contribution is 2.50. The number of aryl methyl sites for hydroxylation is 1. The second kappa shape index (κ2) is 10.5. The van der Waals surface area contributed by atoms with E-state index in [-0.39, 0.29) is 25.6 Å². The molecular formula is C26H32ClN5O5. The SMILES string of the molecule is Cc1ccc(CN2C(=O)N(CC3(CC(=O)O)CC3)C(=O)N(N)C2Nc2ccc(OC(C)C)c(Cl)c2)cc1. The van der Waals surface area contributed by atoms with Crippen LogP contribution < -0.4 is 15.9 Å². The topological polar surface area (TPSA) is 128 Å². The van der Waals surface area contributed by atoms with Gasteiger partial charge in [0.25, 0.3) is 0 Å². The molecule has 4 amide bonds. The number of anilines is 1. The number of aliphatic carboxylic acids is 1. The lowest BCUT2D eigenvalue weighted by atomic mass is 10.0. The van der Waals surface area contributed by atoms with Gasteiger partial charge in [-0.3, -0.25) is 9.69 Å². The van der Waals surface area contributed by atoms with E-state index >= 15 is 0 Å². The van der Waals surface area contributed by atoms with Gasteiger partial charge in [-0.15, -0.1) is 0 Å². The van der Waals surface area contributed by atoms with Crippen LogP contribution in [-0.4, -0.2) is 56.9 Å². The minimum atomic E-state index is -1.01. The van der Waals surface area contributed by atoms with Gasteiger partial charge in [0.15, 0.2) is 0 Å². The largest absolute Gasteiger partial charge is 0.489 e. The third kappa shape index (κ3) is 6.08. The van der Waals surface area contributed by atoms with Crippen LogP contribution in [0.25, 0.3) is 0 Å². The van der Waals surface area contributed by atoms with E-state index < -0.39 is 29.7 Å². The van der Waals surface area contributed by atoms with Gasteiger partial charge < -0.3 is 15.2 Å². The molecule has 0 spiro atoms. The molecule has 1 heterocycles. The van der Waals surface area contributed by atoms with E-state index in [1.807, 2.05) is 45.0 Å². The van der Waals surface area contributed by atoms with Crippen molar-refractivity contribution in [3.8, 4) is 5.75 Å². The van der Waals surface area contributed by atoms with Crippen LogP contribution >= 0.6 is 11.6 Å². The molecular weight excluding hydrogens is 498 g/mol. The number of amides is 4. The smallest absolute Gasteiger partial charge is 0.345 e. The van der Waals surface area contributed by atoms with Gasteiger partial charge >= 0.3 is 18.0 Å². The zero-order valence-electron chi connectivity index (χ0n) is 21.1. The highest BCUT2D eigenvalue weighted by molar-refractivity contribution is 6.32. The summed E-state index contributed by atoms with van der Waals surface area (Å²) in [6.07, 6.45) is 0.0714. The van der Waals surface area contributed by atoms with Crippen LogP contribution in [0.15, 0.2) is 42.5 Å². The van der Waals surface area contributed by atoms with Crippen LogP contribution in [0.1, 0.15) is 44.2 Å². The lowest BCUT2D eigenvalue weighted by molar-refractivity contribution is -0.138. The second-order valence-electron chi connectivity index (χ2n) is 10.1. The zero-order chi connectivity index (χ0) is 26.9. The molecule has 11 heteroatoms. The van der Waals surface area contributed by atoms with Crippen molar-refractivity contribution in [1.29, 1.82) is 0 Å². The van der Waals surface area contributed by atoms with Gasteiger partial charge in [-0.05, 0) is 62.8 Å². The molecule has 10 nitrogen and oxygen atoms in total. The average Bonchev–Trinajstić information content (AvgIpc) is 3.58. The molecule has 1 aliphatic heterocycles. The van der Waals surface area contributed by atoms with Crippen LogP contribution in [-0.2, 0) is 11.3 Å². The molecule has 0 bridgehead atoms. The summed E-state index contributed by atoms with van der Waals surface area (Å²) >= 11 is 6.40. The van der Waals surface area contributed by atoms with Crippen molar-refractivity contribution in [3.63, 3.8) is 0 Å². The molecule has 4 N–H and O–H groups in total. The molecule has 2 aliphatic rings. The fourth-order valence-electron chi connectivity index (χ4n) is 4.38. The van der Waals surface area contributed by atoms with Gasteiger partial charge in [0.2, 0.25) is 6.29 Å². The lowest BCUT2D eigenvalue weighted by Crippen LogP contribution is -2.70. The molecule has 1 aliphatic carbocycles. The molecule has 2 fully saturated rings. The van der Waals surface area contributed by atoms with Crippen LogP contribution in [0.2, 0.25) is 5.02 Å². The monoisotopic (exact) mass is 529 g/mol. The number of urea groups is 2. The Morgan fingerprint density at radius 2 is 1.86 bits per heavy atom. The van der Waals surface area contributed by atoms with Gasteiger partial charge in [0.05, 0.1) is 24.1 Å². The summed E-state index contributed by atoms with van der Waals surface area (Å²) in [7, 11) is 0. The first-order valence-corrected chi connectivity index (χ1v) is 12.5. The Balaban J connectivity index is 1.62. The number of carbonyl (C=O) groups excluding carboxylic acids is 2. The third-order valence-electron chi connectivity index (χ3n) is 6.53. The summed E-state index contributed by atoms with van der Waals surface area (Å²) in [5, 5.41) is 13.8. The molecule has 2 aromatic rings. The maximum absolute atomic E-state index is 13.7. The van der Waals surface area contributed by atoms with Crippen molar-refractivity contribution in [1.82, 2.24) is 14.8 Å². The molecule has 0 radical (unpaired) electrons.